The maximum atomic E-state index is 10.9. The Morgan fingerprint density at radius 2 is 2.21 bits per heavy atom. The predicted molar refractivity (Wildman–Crippen MR) is 49.6 cm³/mol. The summed E-state index contributed by atoms with van der Waals surface area (Å²) in [5.41, 5.74) is 0.241. The first-order valence-corrected chi connectivity index (χ1v) is 3.93. The topological polar surface area (TPSA) is 55.8 Å². The maximum Gasteiger partial charge on any atom is 0.381 e. The molecule has 0 amide bonds. The third-order valence-corrected chi connectivity index (χ3v) is 1.38. The van der Waals surface area contributed by atoms with Gasteiger partial charge in [-0.2, -0.15) is 0 Å². The summed E-state index contributed by atoms with van der Waals surface area (Å²) in [4.78, 5) is 19.9. The number of carbonyl (C=O) groups excluding carboxylic acids is 1. The van der Waals surface area contributed by atoms with Crippen LogP contribution in [0.5, 0.6) is 11.5 Å². The quantitative estimate of drug-likeness (QED) is 0.453. The van der Waals surface area contributed by atoms with Gasteiger partial charge in [0.05, 0.1) is 0 Å². The summed E-state index contributed by atoms with van der Waals surface area (Å²) in [6, 6.07) is 5.92. The molecule has 74 valence electrons. The molecule has 1 aromatic rings. The maximum absolute atomic E-state index is 10.9. The van der Waals surface area contributed by atoms with Gasteiger partial charge in [-0.1, -0.05) is 12.6 Å². The highest BCUT2D eigenvalue weighted by Crippen LogP contribution is 2.17. The monoisotopic (exact) mass is 194 g/mol. The zero-order valence-electron chi connectivity index (χ0n) is 7.69. The van der Waals surface area contributed by atoms with Crippen LogP contribution in [0.2, 0.25) is 0 Å². The van der Waals surface area contributed by atoms with Crippen LogP contribution in [0, 0.1) is 0 Å². The number of phenolic OH excluding ortho intramolecular Hbond substituents is 1. The molecule has 0 spiro atoms. The van der Waals surface area contributed by atoms with Crippen LogP contribution >= 0.6 is 0 Å². The van der Waals surface area contributed by atoms with Gasteiger partial charge in [0.15, 0.2) is 5.75 Å². The SMILES string of the molecule is C=C(C)C(=O)OOc1cccc(O)c1. The van der Waals surface area contributed by atoms with Crippen LogP contribution in [0.4, 0.5) is 0 Å². The van der Waals surface area contributed by atoms with Crippen LogP contribution in [0.3, 0.4) is 0 Å². The number of phenols is 1. The van der Waals surface area contributed by atoms with Crippen molar-refractivity contribution in [3.63, 3.8) is 0 Å². The molecule has 0 saturated heterocycles. The van der Waals surface area contributed by atoms with E-state index in [0.717, 1.165) is 0 Å². The molecule has 0 aliphatic carbocycles. The molecule has 0 aliphatic heterocycles. The van der Waals surface area contributed by atoms with Gasteiger partial charge in [0.25, 0.3) is 0 Å². The summed E-state index contributed by atoms with van der Waals surface area (Å²) < 4.78 is 0. The highest BCUT2D eigenvalue weighted by atomic mass is 17.2. The number of hydrogen-bond acceptors (Lipinski definition) is 4. The lowest BCUT2D eigenvalue weighted by atomic mass is 10.3. The fraction of sp³-hybridized carbons (Fsp3) is 0.100. The van der Waals surface area contributed by atoms with Gasteiger partial charge in [0.2, 0.25) is 0 Å². The molecular weight excluding hydrogens is 184 g/mol. The van der Waals surface area contributed by atoms with Gasteiger partial charge in [-0.15, -0.1) is 0 Å². The molecule has 1 rings (SSSR count). The summed E-state index contributed by atoms with van der Waals surface area (Å²) >= 11 is 0. The van der Waals surface area contributed by atoms with Crippen molar-refractivity contribution in [1.29, 1.82) is 0 Å². The van der Waals surface area contributed by atoms with Crippen molar-refractivity contribution >= 4 is 5.97 Å². The van der Waals surface area contributed by atoms with E-state index in [1.54, 1.807) is 12.1 Å². The zero-order valence-corrected chi connectivity index (χ0v) is 7.69. The van der Waals surface area contributed by atoms with Crippen LogP contribution < -0.4 is 4.89 Å². The van der Waals surface area contributed by atoms with Crippen molar-refractivity contribution < 1.29 is 19.7 Å². The molecule has 0 fully saturated rings. The first-order chi connectivity index (χ1) is 6.59. The molecule has 0 bridgehead atoms. The van der Waals surface area contributed by atoms with E-state index in [1.165, 1.54) is 19.1 Å². The van der Waals surface area contributed by atoms with E-state index in [1.807, 2.05) is 0 Å². The Hall–Kier alpha value is -1.97. The van der Waals surface area contributed by atoms with Gasteiger partial charge in [0.1, 0.15) is 5.75 Å². The summed E-state index contributed by atoms with van der Waals surface area (Å²) in [6.45, 7) is 4.89. The van der Waals surface area contributed by atoms with Crippen molar-refractivity contribution in [2.24, 2.45) is 0 Å². The number of rotatable bonds is 3. The smallest absolute Gasteiger partial charge is 0.381 e. The standard InChI is InChI=1S/C10H10O4/c1-7(2)10(12)14-13-9-5-3-4-8(11)6-9/h3-6,11H,1H2,2H3. The summed E-state index contributed by atoms with van der Waals surface area (Å²) in [5.74, 6) is -0.359. The highest BCUT2D eigenvalue weighted by Gasteiger charge is 2.05. The van der Waals surface area contributed by atoms with Crippen molar-refractivity contribution in [3.05, 3.63) is 36.4 Å². The minimum absolute atomic E-state index is 0.0360. The minimum atomic E-state index is -0.645. The molecule has 4 nitrogen and oxygen atoms in total. The first kappa shape index (κ1) is 10.1. The molecular formula is C10H10O4. The number of carbonyl (C=O) groups is 1. The summed E-state index contributed by atoms with van der Waals surface area (Å²) in [6.07, 6.45) is 0. The van der Waals surface area contributed by atoms with Crippen LogP contribution in [0.1, 0.15) is 6.92 Å². The Morgan fingerprint density at radius 3 is 2.79 bits per heavy atom. The average molecular weight is 194 g/mol. The van der Waals surface area contributed by atoms with Gasteiger partial charge < -0.3 is 5.11 Å². The lowest BCUT2D eigenvalue weighted by Gasteiger charge is -2.03. The van der Waals surface area contributed by atoms with Gasteiger partial charge in [-0.25, -0.2) is 9.68 Å². The molecule has 0 unspecified atom stereocenters. The van der Waals surface area contributed by atoms with E-state index in [2.05, 4.69) is 16.4 Å². The van der Waals surface area contributed by atoms with Crippen molar-refractivity contribution in [3.8, 4) is 11.5 Å². The second-order valence-electron chi connectivity index (χ2n) is 2.73. The molecule has 0 heterocycles. The molecule has 0 atom stereocenters. The van der Waals surface area contributed by atoms with Crippen LogP contribution in [0.25, 0.3) is 0 Å². The molecule has 0 saturated carbocycles. The largest absolute Gasteiger partial charge is 0.508 e. The Bertz CT molecular complexity index is 357. The molecule has 1 N–H and O–H groups in total. The molecule has 14 heavy (non-hydrogen) atoms. The van der Waals surface area contributed by atoms with Gasteiger partial charge >= 0.3 is 5.97 Å². The summed E-state index contributed by atoms with van der Waals surface area (Å²) in [5, 5.41) is 9.05. The lowest BCUT2D eigenvalue weighted by Crippen LogP contribution is -2.07. The second kappa shape index (κ2) is 4.32. The van der Waals surface area contributed by atoms with Crippen LogP contribution in [0.15, 0.2) is 36.4 Å². The fourth-order valence-corrected chi connectivity index (χ4v) is 0.692. The fourth-order valence-electron chi connectivity index (χ4n) is 0.692. The zero-order chi connectivity index (χ0) is 10.6. The lowest BCUT2D eigenvalue weighted by molar-refractivity contribution is -0.208. The van der Waals surface area contributed by atoms with Gasteiger partial charge in [-0.05, 0) is 19.1 Å². The number of hydrogen-bond donors (Lipinski definition) is 1. The van der Waals surface area contributed by atoms with E-state index in [-0.39, 0.29) is 17.1 Å². The Labute approximate surface area is 81.3 Å². The van der Waals surface area contributed by atoms with Crippen LogP contribution in [-0.4, -0.2) is 11.1 Å². The van der Waals surface area contributed by atoms with Crippen LogP contribution in [-0.2, 0) is 9.68 Å². The summed E-state index contributed by atoms with van der Waals surface area (Å²) in [7, 11) is 0. The van der Waals surface area contributed by atoms with Gasteiger partial charge in [0, 0.05) is 11.6 Å². The first-order valence-electron chi connectivity index (χ1n) is 3.93. The van der Waals surface area contributed by atoms with E-state index in [9.17, 15) is 4.79 Å². The molecule has 4 heteroatoms. The average Bonchev–Trinajstić information content (AvgIpc) is 2.14. The highest BCUT2D eigenvalue weighted by molar-refractivity contribution is 5.86. The normalized spacial score (nSPS) is 9.21. The molecule has 0 aromatic heterocycles. The van der Waals surface area contributed by atoms with Crippen molar-refractivity contribution in [2.45, 2.75) is 6.92 Å². The van der Waals surface area contributed by atoms with Crippen molar-refractivity contribution in [1.82, 2.24) is 0 Å². The molecule has 0 aliphatic rings. The number of aromatic hydroxyl groups is 1. The van der Waals surface area contributed by atoms with Gasteiger partial charge in [-0.3, -0.25) is 4.89 Å². The Morgan fingerprint density at radius 1 is 1.50 bits per heavy atom. The third-order valence-electron chi connectivity index (χ3n) is 1.38. The van der Waals surface area contributed by atoms with E-state index >= 15 is 0 Å². The van der Waals surface area contributed by atoms with E-state index in [4.69, 9.17) is 5.11 Å². The second-order valence-corrected chi connectivity index (χ2v) is 2.73. The predicted octanol–water partition coefficient (Wildman–Crippen LogP) is 1.81. The number of benzene rings is 1. The molecule has 0 radical (unpaired) electrons. The van der Waals surface area contributed by atoms with E-state index in [0.29, 0.717) is 0 Å². The van der Waals surface area contributed by atoms with Crippen molar-refractivity contribution in [2.75, 3.05) is 0 Å². The third kappa shape index (κ3) is 2.82. The van der Waals surface area contributed by atoms with E-state index < -0.39 is 5.97 Å². The Kier molecular flexibility index (Phi) is 3.12. The minimum Gasteiger partial charge on any atom is -0.508 e. The molecule has 1 aromatic carbocycles. The Balaban J connectivity index is 2.54.